The van der Waals surface area contributed by atoms with Gasteiger partial charge >= 0.3 is 0 Å². The molecule has 2 aromatic carbocycles. The van der Waals surface area contributed by atoms with Crippen molar-refractivity contribution in [3.63, 3.8) is 0 Å². The predicted octanol–water partition coefficient (Wildman–Crippen LogP) is 2.83. The number of nitrogens with zero attached hydrogens (tertiary/aromatic N) is 1. The first-order valence-electron chi connectivity index (χ1n) is 9.51. The van der Waals surface area contributed by atoms with Gasteiger partial charge in [-0.15, -0.1) is 0 Å². The summed E-state index contributed by atoms with van der Waals surface area (Å²) in [7, 11) is -3.21. The van der Waals surface area contributed by atoms with E-state index in [0.717, 1.165) is 11.1 Å². The zero-order valence-corrected chi connectivity index (χ0v) is 16.6. The molecule has 3 heterocycles. The summed E-state index contributed by atoms with van der Waals surface area (Å²) in [5.74, 6) is -0.455. The van der Waals surface area contributed by atoms with Gasteiger partial charge in [0, 0.05) is 6.04 Å². The first-order chi connectivity index (χ1) is 13.9. The van der Waals surface area contributed by atoms with Crippen molar-refractivity contribution in [2.24, 2.45) is 0 Å². The quantitative estimate of drug-likeness (QED) is 0.650. The third-order valence-corrected chi connectivity index (χ3v) is 7.56. The Morgan fingerprint density at radius 3 is 2.45 bits per heavy atom. The van der Waals surface area contributed by atoms with Gasteiger partial charge in [-0.25, -0.2) is 8.42 Å². The fraction of sp³-hybridized carbons (Fsp3) is 0.273. The van der Waals surface area contributed by atoms with Gasteiger partial charge in [0.1, 0.15) is 5.58 Å². The zero-order chi connectivity index (χ0) is 20.3. The van der Waals surface area contributed by atoms with E-state index in [1.807, 2.05) is 31.2 Å². The normalized spacial score (nSPS) is 22.9. The van der Waals surface area contributed by atoms with Crippen molar-refractivity contribution in [2.75, 3.05) is 11.5 Å². The summed E-state index contributed by atoms with van der Waals surface area (Å²) in [4.78, 5) is 28.2. The lowest BCUT2D eigenvalue weighted by Gasteiger charge is -2.30. The van der Waals surface area contributed by atoms with Crippen LogP contribution in [0.5, 0.6) is 0 Å². The van der Waals surface area contributed by atoms with Gasteiger partial charge in [0.2, 0.25) is 5.76 Å². The third kappa shape index (κ3) is 2.80. The Labute approximate surface area is 167 Å². The van der Waals surface area contributed by atoms with Gasteiger partial charge in [0.15, 0.2) is 15.3 Å². The number of benzene rings is 2. The van der Waals surface area contributed by atoms with E-state index in [-0.39, 0.29) is 22.7 Å². The van der Waals surface area contributed by atoms with Crippen LogP contribution in [0.2, 0.25) is 0 Å². The van der Waals surface area contributed by atoms with Gasteiger partial charge in [0.05, 0.1) is 28.5 Å². The van der Waals surface area contributed by atoms with Gasteiger partial charge in [-0.05, 0) is 31.0 Å². The van der Waals surface area contributed by atoms with Crippen LogP contribution >= 0.6 is 0 Å². The van der Waals surface area contributed by atoms with Crippen molar-refractivity contribution in [1.82, 2.24) is 4.90 Å². The lowest BCUT2D eigenvalue weighted by atomic mass is 9.97. The standard InChI is InChI=1S/C22H19NO5S/c1-13-6-8-14(9-7-13)19-18-20(24)16-4-2-3-5-17(16)28-21(18)22(25)23(19)15-10-11-29(26,27)12-15/h2-9,15,19H,10-12H2,1H3. The summed E-state index contributed by atoms with van der Waals surface area (Å²) in [6.07, 6.45) is 0.359. The summed E-state index contributed by atoms with van der Waals surface area (Å²) < 4.78 is 30.1. The monoisotopic (exact) mass is 409 g/mol. The van der Waals surface area contributed by atoms with Crippen LogP contribution in [0.4, 0.5) is 0 Å². The van der Waals surface area contributed by atoms with Crippen LogP contribution in [-0.2, 0) is 9.84 Å². The van der Waals surface area contributed by atoms with Crippen molar-refractivity contribution in [1.29, 1.82) is 0 Å². The molecule has 0 saturated carbocycles. The van der Waals surface area contributed by atoms with E-state index >= 15 is 0 Å². The van der Waals surface area contributed by atoms with Gasteiger partial charge in [0.25, 0.3) is 5.91 Å². The number of fused-ring (bicyclic) bond motifs is 2. The van der Waals surface area contributed by atoms with E-state index in [9.17, 15) is 18.0 Å². The molecule has 0 N–H and O–H groups in total. The molecule has 6 nitrogen and oxygen atoms in total. The van der Waals surface area contributed by atoms with Gasteiger partial charge in [-0.1, -0.05) is 42.0 Å². The fourth-order valence-electron chi connectivity index (χ4n) is 4.38. The van der Waals surface area contributed by atoms with E-state index < -0.39 is 27.8 Å². The second kappa shape index (κ2) is 6.29. The minimum absolute atomic E-state index is 0.0172. The number of aryl methyl sites for hydroxylation is 1. The van der Waals surface area contributed by atoms with Crippen molar-refractivity contribution < 1.29 is 17.6 Å². The van der Waals surface area contributed by atoms with Crippen LogP contribution in [0.15, 0.2) is 57.7 Å². The molecule has 0 spiro atoms. The van der Waals surface area contributed by atoms with Crippen LogP contribution in [0.25, 0.3) is 11.0 Å². The summed E-state index contributed by atoms with van der Waals surface area (Å²) in [6, 6.07) is 13.3. The van der Waals surface area contributed by atoms with E-state index in [1.165, 1.54) is 0 Å². The maximum Gasteiger partial charge on any atom is 0.291 e. The molecule has 3 aromatic rings. The van der Waals surface area contributed by atoms with Crippen LogP contribution < -0.4 is 5.43 Å². The topological polar surface area (TPSA) is 84.7 Å². The molecule has 5 rings (SSSR count). The number of rotatable bonds is 2. The van der Waals surface area contributed by atoms with Gasteiger partial charge < -0.3 is 9.32 Å². The Bertz CT molecular complexity index is 1310. The smallest absolute Gasteiger partial charge is 0.291 e. The van der Waals surface area contributed by atoms with Gasteiger partial charge in [-0.3, -0.25) is 9.59 Å². The van der Waals surface area contributed by atoms with E-state index in [2.05, 4.69) is 0 Å². The Kier molecular flexibility index (Phi) is 3.93. The summed E-state index contributed by atoms with van der Waals surface area (Å²) in [6.45, 7) is 1.96. The van der Waals surface area contributed by atoms with Crippen LogP contribution in [0, 0.1) is 6.92 Å². The van der Waals surface area contributed by atoms with E-state index in [0.29, 0.717) is 23.0 Å². The first kappa shape index (κ1) is 18.1. The number of carbonyl (C=O) groups excluding carboxylic acids is 1. The Morgan fingerprint density at radius 1 is 1.03 bits per heavy atom. The Hall–Kier alpha value is -2.93. The zero-order valence-electron chi connectivity index (χ0n) is 15.8. The Morgan fingerprint density at radius 2 is 1.76 bits per heavy atom. The molecule has 1 amide bonds. The van der Waals surface area contributed by atoms with Crippen LogP contribution in [0.3, 0.4) is 0 Å². The Balaban J connectivity index is 1.76. The lowest BCUT2D eigenvalue weighted by Crippen LogP contribution is -2.40. The minimum Gasteiger partial charge on any atom is -0.450 e. The third-order valence-electron chi connectivity index (χ3n) is 5.81. The maximum atomic E-state index is 13.3. The average molecular weight is 409 g/mol. The first-order valence-corrected chi connectivity index (χ1v) is 11.3. The van der Waals surface area contributed by atoms with Crippen LogP contribution in [0.1, 0.15) is 39.7 Å². The number of carbonyl (C=O) groups is 1. The molecule has 1 saturated heterocycles. The highest BCUT2D eigenvalue weighted by atomic mass is 32.2. The van der Waals surface area contributed by atoms with Crippen molar-refractivity contribution in [2.45, 2.75) is 25.4 Å². The highest BCUT2D eigenvalue weighted by Gasteiger charge is 2.48. The molecule has 29 heavy (non-hydrogen) atoms. The van der Waals surface area contributed by atoms with E-state index in [4.69, 9.17) is 4.42 Å². The second-order valence-corrected chi connectivity index (χ2v) is 9.98. The molecule has 2 unspecified atom stereocenters. The lowest BCUT2D eigenvalue weighted by molar-refractivity contribution is 0.0662. The fourth-order valence-corrected chi connectivity index (χ4v) is 6.10. The molecular weight excluding hydrogens is 390 g/mol. The average Bonchev–Trinajstić information content (AvgIpc) is 3.20. The number of hydrogen-bond donors (Lipinski definition) is 0. The number of amides is 1. The van der Waals surface area contributed by atoms with Crippen LogP contribution in [-0.4, -0.2) is 36.8 Å². The SMILES string of the molecule is Cc1ccc(C2c3c(oc4ccccc4c3=O)C(=O)N2C2CCS(=O)(=O)C2)cc1. The number of hydrogen-bond acceptors (Lipinski definition) is 5. The minimum atomic E-state index is -3.21. The summed E-state index contributed by atoms with van der Waals surface area (Å²) >= 11 is 0. The molecule has 0 bridgehead atoms. The highest BCUT2D eigenvalue weighted by Crippen LogP contribution is 2.41. The molecule has 0 aliphatic carbocycles. The second-order valence-electron chi connectivity index (χ2n) is 7.75. The molecule has 2 atom stereocenters. The molecule has 148 valence electrons. The highest BCUT2D eigenvalue weighted by molar-refractivity contribution is 7.91. The largest absolute Gasteiger partial charge is 0.450 e. The maximum absolute atomic E-state index is 13.3. The summed E-state index contributed by atoms with van der Waals surface area (Å²) in [5, 5.41) is 0.414. The number of para-hydroxylation sites is 1. The molecular formula is C22H19NO5S. The van der Waals surface area contributed by atoms with Crippen molar-refractivity contribution >= 4 is 26.7 Å². The molecule has 7 heteroatoms. The molecule has 0 radical (unpaired) electrons. The molecule has 1 aromatic heterocycles. The van der Waals surface area contributed by atoms with Crippen molar-refractivity contribution in [3.05, 3.63) is 81.2 Å². The van der Waals surface area contributed by atoms with Gasteiger partial charge in [-0.2, -0.15) is 0 Å². The molecule has 2 aliphatic heterocycles. The van der Waals surface area contributed by atoms with Crippen molar-refractivity contribution in [3.8, 4) is 0 Å². The molecule has 2 aliphatic rings. The number of sulfone groups is 1. The van der Waals surface area contributed by atoms with E-state index in [1.54, 1.807) is 29.2 Å². The summed E-state index contributed by atoms with van der Waals surface area (Å²) in [5.41, 5.74) is 2.23. The molecule has 1 fully saturated rings. The predicted molar refractivity (Wildman–Crippen MR) is 109 cm³/mol.